The molecule has 0 aliphatic carbocycles. The lowest BCUT2D eigenvalue weighted by atomic mass is 10.1. The van der Waals surface area contributed by atoms with Crippen molar-refractivity contribution in [3.05, 3.63) is 57.8 Å². The molecule has 7 heteroatoms. The van der Waals surface area contributed by atoms with E-state index in [4.69, 9.17) is 9.40 Å². The Morgan fingerprint density at radius 3 is 2.80 bits per heavy atom. The molecule has 25 heavy (non-hydrogen) atoms. The Bertz CT molecular complexity index is 955. The van der Waals surface area contributed by atoms with Gasteiger partial charge in [-0.1, -0.05) is 0 Å². The molecule has 0 amide bonds. The molecule has 126 valence electrons. The Hall–Kier alpha value is -2.51. The monoisotopic (exact) mass is 368 g/mol. The molecule has 0 spiro atoms. The van der Waals surface area contributed by atoms with Crippen molar-refractivity contribution in [3.8, 4) is 21.8 Å². The molecule has 0 aromatic carbocycles. The summed E-state index contributed by atoms with van der Waals surface area (Å²) in [5, 5.41) is 8.29. The van der Waals surface area contributed by atoms with Gasteiger partial charge in [-0.25, -0.2) is 15.0 Å². The van der Waals surface area contributed by atoms with Gasteiger partial charge in [0.15, 0.2) is 0 Å². The summed E-state index contributed by atoms with van der Waals surface area (Å²) < 4.78 is 5.34. The van der Waals surface area contributed by atoms with E-state index in [1.54, 1.807) is 28.9 Å². The molecule has 0 fully saturated rings. The maximum Gasteiger partial charge on any atom is 0.223 e. The summed E-state index contributed by atoms with van der Waals surface area (Å²) in [5.41, 5.74) is 4.01. The molecule has 0 unspecified atom stereocenters. The summed E-state index contributed by atoms with van der Waals surface area (Å²) in [4.78, 5) is 15.1. The second-order valence-corrected chi connectivity index (χ2v) is 7.54. The second kappa shape index (κ2) is 6.78. The van der Waals surface area contributed by atoms with Crippen molar-refractivity contribution in [2.24, 2.45) is 0 Å². The molecule has 4 aromatic rings. The normalized spacial score (nSPS) is 11.0. The van der Waals surface area contributed by atoms with E-state index < -0.39 is 0 Å². The van der Waals surface area contributed by atoms with Gasteiger partial charge in [-0.05, 0) is 48.4 Å². The summed E-state index contributed by atoms with van der Waals surface area (Å²) in [6, 6.07) is 5.86. The predicted molar refractivity (Wildman–Crippen MR) is 102 cm³/mol. The maximum absolute atomic E-state index is 5.34. The van der Waals surface area contributed by atoms with Crippen molar-refractivity contribution in [2.75, 3.05) is 5.32 Å². The van der Waals surface area contributed by atoms with E-state index >= 15 is 0 Å². The average Bonchev–Trinajstić information content (AvgIpc) is 3.36. The average molecular weight is 368 g/mol. The molecular formula is C18H16N4OS2. The molecule has 0 saturated carbocycles. The molecule has 0 aliphatic rings. The fourth-order valence-corrected chi connectivity index (χ4v) is 3.99. The Morgan fingerprint density at radius 2 is 2.12 bits per heavy atom. The third-order valence-corrected chi connectivity index (χ3v) is 5.62. The summed E-state index contributed by atoms with van der Waals surface area (Å²) in [6.07, 6.45) is 3.52. The number of nitrogens with zero attached hydrogens (tertiary/aromatic N) is 3. The van der Waals surface area contributed by atoms with E-state index in [0.29, 0.717) is 12.5 Å². The Morgan fingerprint density at radius 1 is 1.20 bits per heavy atom. The first kappa shape index (κ1) is 16.0. The minimum absolute atomic E-state index is 0.542. The molecule has 0 saturated heterocycles. The van der Waals surface area contributed by atoms with E-state index in [9.17, 15) is 0 Å². The van der Waals surface area contributed by atoms with Gasteiger partial charge in [0.1, 0.15) is 16.5 Å². The van der Waals surface area contributed by atoms with E-state index in [2.05, 4.69) is 39.0 Å². The number of thiophene rings is 1. The summed E-state index contributed by atoms with van der Waals surface area (Å²) in [7, 11) is 0. The Balaban J connectivity index is 1.72. The first-order valence-corrected chi connectivity index (χ1v) is 9.57. The number of aromatic nitrogens is 3. The number of thiazole rings is 1. The number of aryl methyl sites for hydroxylation is 2. The zero-order valence-electron chi connectivity index (χ0n) is 13.8. The van der Waals surface area contributed by atoms with Crippen LogP contribution in [0.15, 0.2) is 45.8 Å². The smallest absolute Gasteiger partial charge is 0.223 e. The van der Waals surface area contributed by atoms with Gasteiger partial charge >= 0.3 is 0 Å². The van der Waals surface area contributed by atoms with Crippen LogP contribution in [0.4, 0.5) is 5.95 Å². The van der Waals surface area contributed by atoms with Gasteiger partial charge in [0.05, 0.1) is 18.5 Å². The zero-order valence-corrected chi connectivity index (χ0v) is 15.4. The second-order valence-electron chi connectivity index (χ2n) is 5.56. The third kappa shape index (κ3) is 3.33. The lowest BCUT2D eigenvalue weighted by Gasteiger charge is -2.08. The van der Waals surface area contributed by atoms with E-state index in [0.717, 1.165) is 33.3 Å². The molecule has 0 bridgehead atoms. The van der Waals surface area contributed by atoms with Gasteiger partial charge in [-0.15, -0.1) is 11.3 Å². The first-order chi connectivity index (χ1) is 12.2. The van der Waals surface area contributed by atoms with Crippen molar-refractivity contribution in [3.63, 3.8) is 0 Å². The number of furan rings is 1. The fourth-order valence-electron chi connectivity index (χ4n) is 2.41. The number of nitrogens with one attached hydrogen (secondary N) is 1. The summed E-state index contributed by atoms with van der Waals surface area (Å²) in [6.45, 7) is 4.65. The van der Waals surface area contributed by atoms with E-state index in [-0.39, 0.29) is 0 Å². The van der Waals surface area contributed by atoms with Crippen molar-refractivity contribution >= 4 is 28.6 Å². The molecule has 4 aromatic heterocycles. The quantitative estimate of drug-likeness (QED) is 0.528. The van der Waals surface area contributed by atoms with Crippen LogP contribution in [-0.4, -0.2) is 15.0 Å². The van der Waals surface area contributed by atoms with Gasteiger partial charge in [-0.3, -0.25) is 0 Å². The molecule has 4 heterocycles. The Labute approximate surface area is 153 Å². The number of anilines is 1. The van der Waals surface area contributed by atoms with Crippen molar-refractivity contribution in [1.29, 1.82) is 0 Å². The number of hydrogen-bond donors (Lipinski definition) is 1. The van der Waals surface area contributed by atoms with Gasteiger partial charge in [0.25, 0.3) is 0 Å². The molecule has 4 rings (SSSR count). The highest BCUT2D eigenvalue weighted by Crippen LogP contribution is 2.35. The highest BCUT2D eigenvalue weighted by Gasteiger charge is 2.16. The highest BCUT2D eigenvalue weighted by molar-refractivity contribution is 7.15. The van der Waals surface area contributed by atoms with Crippen LogP contribution in [0.5, 0.6) is 0 Å². The fraction of sp³-hybridized carbons (Fsp3) is 0.167. The lowest BCUT2D eigenvalue weighted by Crippen LogP contribution is -2.04. The van der Waals surface area contributed by atoms with Gasteiger partial charge < -0.3 is 9.73 Å². The molecule has 0 radical (unpaired) electrons. The minimum atomic E-state index is 0.542. The van der Waals surface area contributed by atoms with Crippen molar-refractivity contribution < 1.29 is 4.42 Å². The topological polar surface area (TPSA) is 63.8 Å². The molecule has 0 aliphatic heterocycles. The van der Waals surface area contributed by atoms with Crippen LogP contribution in [0.25, 0.3) is 21.8 Å². The molecule has 1 N–H and O–H groups in total. The van der Waals surface area contributed by atoms with Crippen LogP contribution in [-0.2, 0) is 6.54 Å². The predicted octanol–water partition coefficient (Wildman–Crippen LogP) is 5.15. The molecule has 5 nitrogen and oxygen atoms in total. The summed E-state index contributed by atoms with van der Waals surface area (Å²) in [5.74, 6) is 1.41. The minimum Gasteiger partial charge on any atom is -0.467 e. The zero-order chi connectivity index (χ0) is 17.2. The van der Waals surface area contributed by atoms with Crippen LogP contribution < -0.4 is 5.32 Å². The molecular weight excluding hydrogens is 352 g/mol. The van der Waals surface area contributed by atoms with Crippen LogP contribution in [0, 0.1) is 13.8 Å². The Kier molecular flexibility index (Phi) is 4.33. The van der Waals surface area contributed by atoms with Crippen LogP contribution in [0.2, 0.25) is 0 Å². The third-order valence-electron chi connectivity index (χ3n) is 3.85. The summed E-state index contributed by atoms with van der Waals surface area (Å²) >= 11 is 3.32. The highest BCUT2D eigenvalue weighted by atomic mass is 32.1. The largest absolute Gasteiger partial charge is 0.467 e. The van der Waals surface area contributed by atoms with Gasteiger partial charge in [-0.2, -0.15) is 11.3 Å². The van der Waals surface area contributed by atoms with Crippen LogP contribution in [0.1, 0.15) is 16.3 Å². The standard InChI is InChI=1S/C18H16N4OS2/c1-11-12(2)25-17(21-11)16-15(13-5-7-24-10-13)9-20-18(22-16)19-8-14-4-3-6-23-14/h3-7,9-10H,8H2,1-2H3,(H,19,20,22). The maximum atomic E-state index is 5.34. The van der Waals surface area contributed by atoms with E-state index in [1.807, 2.05) is 25.3 Å². The number of rotatable bonds is 5. The van der Waals surface area contributed by atoms with Crippen LogP contribution >= 0.6 is 22.7 Å². The van der Waals surface area contributed by atoms with E-state index in [1.165, 1.54) is 4.88 Å². The number of hydrogen-bond acceptors (Lipinski definition) is 7. The van der Waals surface area contributed by atoms with Crippen LogP contribution in [0.3, 0.4) is 0 Å². The van der Waals surface area contributed by atoms with Gasteiger partial charge in [0, 0.05) is 16.6 Å². The van der Waals surface area contributed by atoms with Gasteiger partial charge in [0.2, 0.25) is 5.95 Å². The SMILES string of the molecule is Cc1nc(-c2nc(NCc3ccco3)ncc2-c2ccsc2)sc1C. The molecule has 0 atom stereocenters. The lowest BCUT2D eigenvalue weighted by molar-refractivity contribution is 0.517. The first-order valence-electron chi connectivity index (χ1n) is 7.81. The van der Waals surface area contributed by atoms with Crippen molar-refractivity contribution in [2.45, 2.75) is 20.4 Å². The van der Waals surface area contributed by atoms with Crippen molar-refractivity contribution in [1.82, 2.24) is 15.0 Å².